The molecular weight excluding hydrogens is 619 g/mol. The zero-order chi connectivity index (χ0) is 34.8. The number of rotatable bonds is 7. The van der Waals surface area contributed by atoms with Crippen molar-refractivity contribution in [2.45, 2.75) is 64.8 Å². The Kier molecular flexibility index (Phi) is 13.8. The molecule has 3 aliphatic rings. The molecule has 0 aliphatic carbocycles. The molecule has 5 atom stereocenters. The molecule has 1 aromatic carbocycles. The highest BCUT2D eigenvalue weighted by molar-refractivity contribution is 5.76. The summed E-state index contributed by atoms with van der Waals surface area (Å²) in [6.07, 6.45) is 4.25. The Morgan fingerprint density at radius 2 is 1.69 bits per heavy atom. The van der Waals surface area contributed by atoms with Crippen LogP contribution in [0.15, 0.2) is 35.9 Å². The van der Waals surface area contributed by atoms with E-state index in [1.54, 1.807) is 12.0 Å². The van der Waals surface area contributed by atoms with Gasteiger partial charge in [0.25, 0.3) is 0 Å². The van der Waals surface area contributed by atoms with E-state index in [-0.39, 0.29) is 30.3 Å². The molecule has 1 N–H and O–H groups in total. The van der Waals surface area contributed by atoms with Gasteiger partial charge in [-0.15, -0.1) is 0 Å². The van der Waals surface area contributed by atoms with Gasteiger partial charge < -0.3 is 38.9 Å². The van der Waals surface area contributed by atoms with Crippen LogP contribution in [-0.2, 0) is 23.8 Å². The zero-order valence-electron chi connectivity index (χ0n) is 29.1. The SMILES string of the molecule is COCCC(=O)N1CCN(c2cc(F)cc(/C=C(\C)[C@H]3OC(=O)C[C@H](O)CC[C@H](C)[C@@H](OC(=O)N4CCN(C)CC4)/C=C/[C@@H]3C)c2)CC1. The molecule has 4 rings (SSSR count). The smallest absolute Gasteiger partial charge is 0.410 e. The number of nitrogens with zero attached hydrogens (tertiary/aromatic N) is 4. The maximum atomic E-state index is 14.9. The third kappa shape index (κ3) is 10.8. The fourth-order valence-electron chi connectivity index (χ4n) is 6.40. The lowest BCUT2D eigenvalue weighted by atomic mass is 9.91. The lowest BCUT2D eigenvalue weighted by Crippen LogP contribution is -2.49. The van der Waals surface area contributed by atoms with Crippen LogP contribution in [0.3, 0.4) is 0 Å². The third-order valence-corrected chi connectivity index (χ3v) is 9.52. The molecule has 0 spiro atoms. The van der Waals surface area contributed by atoms with E-state index >= 15 is 0 Å². The highest BCUT2D eigenvalue weighted by Gasteiger charge is 2.29. The number of halogens is 1. The van der Waals surface area contributed by atoms with Crippen molar-refractivity contribution in [3.63, 3.8) is 0 Å². The normalized spacial score (nSPS) is 27.5. The largest absolute Gasteiger partial charge is 0.457 e. The van der Waals surface area contributed by atoms with Crippen LogP contribution >= 0.6 is 0 Å². The lowest BCUT2D eigenvalue weighted by molar-refractivity contribution is -0.151. The van der Waals surface area contributed by atoms with E-state index in [2.05, 4.69) is 9.80 Å². The summed E-state index contributed by atoms with van der Waals surface area (Å²) < 4.78 is 31.9. The Balaban J connectivity index is 1.51. The summed E-state index contributed by atoms with van der Waals surface area (Å²) >= 11 is 0. The van der Waals surface area contributed by atoms with E-state index < -0.39 is 30.1 Å². The molecule has 11 nitrogen and oxygen atoms in total. The number of aliphatic hydroxyl groups is 1. The van der Waals surface area contributed by atoms with Gasteiger partial charge in [-0.25, -0.2) is 9.18 Å². The van der Waals surface area contributed by atoms with Crippen molar-refractivity contribution in [3.05, 3.63) is 47.3 Å². The van der Waals surface area contributed by atoms with E-state index in [0.29, 0.717) is 82.0 Å². The zero-order valence-corrected chi connectivity index (χ0v) is 29.1. The Morgan fingerprint density at radius 1 is 1.00 bits per heavy atom. The molecule has 2 amide bonds. The molecule has 0 aromatic heterocycles. The Hall–Kier alpha value is -3.48. The number of piperazine rings is 2. The number of anilines is 1. The number of amides is 2. The average Bonchev–Trinajstić information content (AvgIpc) is 3.06. The van der Waals surface area contributed by atoms with Crippen LogP contribution in [0.25, 0.3) is 6.08 Å². The standard InChI is InChI=1S/C36H53FN4O7/c1-25-6-8-31(42)24-34(44)48-35(26(2)7-9-32(25)47-36(45)41-13-11-38(4)12-14-41)27(3)20-28-21-29(37)23-30(22-28)39-15-17-40(18-16-39)33(43)10-19-46-5/h7,9,20-23,25-26,31-32,35,42H,6,8,10-19,24H2,1-5H3/b9-7+,27-20+/t25-,26-,31+,32-,35-/m0/s1. The highest BCUT2D eigenvalue weighted by Crippen LogP contribution is 2.28. The van der Waals surface area contributed by atoms with Crippen molar-refractivity contribution < 1.29 is 38.1 Å². The minimum Gasteiger partial charge on any atom is -0.457 e. The predicted molar refractivity (Wildman–Crippen MR) is 182 cm³/mol. The summed E-state index contributed by atoms with van der Waals surface area (Å²) in [6, 6.07) is 4.82. The number of cyclic esters (lactones) is 1. The van der Waals surface area contributed by atoms with Crippen molar-refractivity contribution in [3.8, 4) is 0 Å². The quantitative estimate of drug-likeness (QED) is 0.340. The number of esters is 1. The number of carbonyl (C=O) groups is 3. The monoisotopic (exact) mass is 672 g/mol. The van der Waals surface area contributed by atoms with Crippen LogP contribution in [0.4, 0.5) is 14.9 Å². The van der Waals surface area contributed by atoms with Gasteiger partial charge in [0.05, 0.1) is 25.6 Å². The van der Waals surface area contributed by atoms with Gasteiger partial charge in [-0.05, 0) is 68.1 Å². The van der Waals surface area contributed by atoms with Crippen LogP contribution in [0.2, 0.25) is 0 Å². The molecule has 3 aliphatic heterocycles. The number of ether oxygens (including phenoxy) is 3. The molecule has 0 unspecified atom stereocenters. The van der Waals surface area contributed by atoms with Crippen molar-refractivity contribution in [2.75, 3.05) is 78.0 Å². The second kappa shape index (κ2) is 17.8. The van der Waals surface area contributed by atoms with Crippen LogP contribution < -0.4 is 4.90 Å². The number of likely N-dealkylation sites (N-methyl/N-ethyl adjacent to an activating group) is 1. The van der Waals surface area contributed by atoms with Crippen LogP contribution in [0.1, 0.15) is 52.0 Å². The number of benzene rings is 1. The highest BCUT2D eigenvalue weighted by atomic mass is 19.1. The maximum absolute atomic E-state index is 14.9. The van der Waals surface area contributed by atoms with Gasteiger partial charge in [-0.2, -0.15) is 0 Å². The van der Waals surface area contributed by atoms with Crippen molar-refractivity contribution in [1.82, 2.24) is 14.7 Å². The van der Waals surface area contributed by atoms with Crippen molar-refractivity contribution >= 4 is 29.7 Å². The first-order valence-corrected chi connectivity index (χ1v) is 17.1. The molecule has 0 saturated carbocycles. The third-order valence-electron chi connectivity index (χ3n) is 9.52. The van der Waals surface area contributed by atoms with E-state index in [0.717, 1.165) is 13.1 Å². The molecule has 1 aromatic rings. The van der Waals surface area contributed by atoms with Gasteiger partial charge in [0.1, 0.15) is 18.0 Å². The van der Waals surface area contributed by atoms with E-state index in [9.17, 15) is 23.9 Å². The molecule has 48 heavy (non-hydrogen) atoms. The topological polar surface area (TPSA) is 112 Å². The summed E-state index contributed by atoms with van der Waals surface area (Å²) in [5.41, 5.74) is 2.03. The molecule has 2 fully saturated rings. The first kappa shape index (κ1) is 37.3. The van der Waals surface area contributed by atoms with Crippen LogP contribution in [-0.4, -0.2) is 129 Å². The number of hydrogen-bond acceptors (Lipinski definition) is 9. The van der Waals surface area contributed by atoms with Crippen LogP contribution in [0, 0.1) is 17.7 Å². The second-order valence-corrected chi connectivity index (χ2v) is 13.4. The second-order valence-electron chi connectivity index (χ2n) is 13.4. The van der Waals surface area contributed by atoms with E-state index in [1.807, 2.05) is 57.0 Å². The number of hydrogen-bond donors (Lipinski definition) is 1. The van der Waals surface area contributed by atoms with Crippen molar-refractivity contribution in [1.29, 1.82) is 0 Å². The fraction of sp³-hybridized carbons (Fsp3) is 0.639. The molecule has 3 heterocycles. The van der Waals surface area contributed by atoms with E-state index in [4.69, 9.17) is 14.2 Å². The fourth-order valence-corrected chi connectivity index (χ4v) is 6.40. The average molecular weight is 673 g/mol. The minimum absolute atomic E-state index is 0.0474. The van der Waals surface area contributed by atoms with Gasteiger partial charge >= 0.3 is 12.1 Å². The summed E-state index contributed by atoms with van der Waals surface area (Å²) in [7, 11) is 3.60. The molecule has 2 saturated heterocycles. The summed E-state index contributed by atoms with van der Waals surface area (Å²) in [4.78, 5) is 46.2. The number of carbonyl (C=O) groups excluding carboxylic acids is 3. The summed E-state index contributed by atoms with van der Waals surface area (Å²) in [5.74, 6) is -1.25. The predicted octanol–water partition coefficient (Wildman–Crippen LogP) is 3.95. The summed E-state index contributed by atoms with van der Waals surface area (Å²) in [5, 5.41) is 10.6. The molecular formula is C36H53FN4O7. The molecule has 0 radical (unpaired) electrons. The maximum Gasteiger partial charge on any atom is 0.410 e. The summed E-state index contributed by atoms with van der Waals surface area (Å²) in [6.45, 7) is 11.1. The molecule has 0 bridgehead atoms. The Labute approximate surface area is 284 Å². The number of methoxy groups -OCH3 is 1. The van der Waals surface area contributed by atoms with Gasteiger partial charge in [0.2, 0.25) is 5.91 Å². The number of aliphatic hydroxyl groups excluding tert-OH is 1. The van der Waals surface area contributed by atoms with E-state index in [1.165, 1.54) is 12.1 Å². The van der Waals surface area contributed by atoms with Gasteiger partial charge in [0.15, 0.2) is 0 Å². The Morgan fingerprint density at radius 3 is 2.38 bits per heavy atom. The first-order chi connectivity index (χ1) is 22.9. The first-order valence-electron chi connectivity index (χ1n) is 17.1. The van der Waals surface area contributed by atoms with Crippen molar-refractivity contribution in [2.24, 2.45) is 11.8 Å². The van der Waals surface area contributed by atoms with Crippen LogP contribution in [0.5, 0.6) is 0 Å². The lowest BCUT2D eigenvalue weighted by Gasteiger charge is -2.36. The van der Waals surface area contributed by atoms with Gasteiger partial charge in [-0.3, -0.25) is 9.59 Å². The molecule has 266 valence electrons. The molecule has 12 heteroatoms. The van der Waals surface area contributed by atoms with Gasteiger partial charge in [-0.1, -0.05) is 26.0 Å². The minimum atomic E-state index is -0.890. The Bertz CT molecular complexity index is 1310. The van der Waals surface area contributed by atoms with Gasteiger partial charge in [0, 0.05) is 71.1 Å².